The van der Waals surface area contributed by atoms with Crippen molar-refractivity contribution in [2.45, 2.75) is 19.9 Å². The highest BCUT2D eigenvalue weighted by molar-refractivity contribution is 7.13. The summed E-state index contributed by atoms with van der Waals surface area (Å²) in [5.74, 6) is 0. The van der Waals surface area contributed by atoms with Crippen molar-refractivity contribution in [1.29, 1.82) is 0 Å². The monoisotopic (exact) mass is 214 g/mol. The zero-order valence-electron chi connectivity index (χ0n) is 8.04. The van der Waals surface area contributed by atoms with Crippen LogP contribution in [0, 0.1) is 0 Å². The smallest absolute Gasteiger partial charge is 0.321 e. The van der Waals surface area contributed by atoms with Gasteiger partial charge in [0.25, 0.3) is 0 Å². The first-order valence-electron chi connectivity index (χ1n) is 4.45. The summed E-state index contributed by atoms with van der Waals surface area (Å²) in [4.78, 5) is 15.3. The van der Waals surface area contributed by atoms with Crippen LogP contribution in [0.2, 0.25) is 0 Å². The third kappa shape index (κ3) is 3.31. The van der Waals surface area contributed by atoms with Gasteiger partial charge in [-0.25, -0.2) is 9.78 Å². The minimum absolute atomic E-state index is 0.218. The molecule has 5 nitrogen and oxygen atoms in total. The summed E-state index contributed by atoms with van der Waals surface area (Å²) in [5.41, 5.74) is 6.18. The van der Waals surface area contributed by atoms with Crippen LogP contribution in [0.3, 0.4) is 0 Å². The first-order chi connectivity index (χ1) is 6.76. The largest absolute Gasteiger partial charge is 0.338 e. The van der Waals surface area contributed by atoms with Crippen molar-refractivity contribution in [1.82, 2.24) is 10.3 Å². The molecule has 0 aliphatic carbocycles. The van der Waals surface area contributed by atoms with Crippen molar-refractivity contribution in [3.63, 3.8) is 0 Å². The molecule has 0 aliphatic rings. The third-order valence-corrected chi connectivity index (χ3v) is 2.32. The van der Waals surface area contributed by atoms with Crippen LogP contribution in [0.1, 0.15) is 19.0 Å². The summed E-state index contributed by atoms with van der Waals surface area (Å²) in [6.45, 7) is 3.06. The number of aromatic nitrogens is 1. The lowest BCUT2D eigenvalue weighted by atomic mass is 10.5. The number of thiazole rings is 1. The Bertz CT molecular complexity index is 299. The van der Waals surface area contributed by atoms with Gasteiger partial charge in [0.2, 0.25) is 0 Å². The summed E-state index contributed by atoms with van der Waals surface area (Å²) in [6.07, 6.45) is 0.916. The molecule has 2 amide bonds. The Hall–Kier alpha value is -1.14. The number of carbonyl (C=O) groups excluding carboxylic acids is 1. The van der Waals surface area contributed by atoms with Gasteiger partial charge in [-0.05, 0) is 6.42 Å². The maximum absolute atomic E-state index is 11.2. The van der Waals surface area contributed by atoms with Crippen molar-refractivity contribution < 1.29 is 4.79 Å². The molecule has 0 fully saturated rings. The second kappa shape index (κ2) is 5.56. The second-order valence-electron chi connectivity index (χ2n) is 2.73. The summed E-state index contributed by atoms with van der Waals surface area (Å²) < 4.78 is 0. The number of carbonyl (C=O) groups is 1. The van der Waals surface area contributed by atoms with Gasteiger partial charge in [0.1, 0.15) is 0 Å². The molecular formula is C8H14N4OS. The van der Waals surface area contributed by atoms with Gasteiger partial charge in [0.05, 0.1) is 5.69 Å². The molecule has 0 aromatic carbocycles. The quantitative estimate of drug-likeness (QED) is 0.703. The standard InChI is InChI=1S/C8H14N4OS/c1-2-3-10-7(13)12-8-11-6(4-9)5-14-8/h5H,2-4,9H2,1H3,(H2,10,11,12,13). The molecule has 0 atom stereocenters. The molecule has 14 heavy (non-hydrogen) atoms. The Morgan fingerprint density at radius 2 is 2.50 bits per heavy atom. The maximum atomic E-state index is 11.2. The molecule has 1 aromatic rings. The lowest BCUT2D eigenvalue weighted by Gasteiger charge is -2.02. The first kappa shape index (κ1) is 10.9. The number of nitrogens with zero attached hydrogens (tertiary/aromatic N) is 1. The molecule has 0 saturated carbocycles. The maximum Gasteiger partial charge on any atom is 0.321 e. The van der Waals surface area contributed by atoms with E-state index in [4.69, 9.17) is 5.73 Å². The zero-order chi connectivity index (χ0) is 10.4. The lowest BCUT2D eigenvalue weighted by Crippen LogP contribution is -2.29. The van der Waals surface area contributed by atoms with E-state index in [-0.39, 0.29) is 6.03 Å². The molecule has 1 heterocycles. The van der Waals surface area contributed by atoms with Crippen LogP contribution < -0.4 is 16.4 Å². The highest BCUT2D eigenvalue weighted by Gasteiger charge is 2.04. The zero-order valence-corrected chi connectivity index (χ0v) is 8.86. The molecule has 1 rings (SSSR count). The number of nitrogens with one attached hydrogen (secondary N) is 2. The number of rotatable bonds is 4. The average molecular weight is 214 g/mol. The average Bonchev–Trinajstić information content (AvgIpc) is 2.62. The fraction of sp³-hybridized carbons (Fsp3) is 0.500. The van der Waals surface area contributed by atoms with Crippen molar-refractivity contribution in [2.75, 3.05) is 11.9 Å². The van der Waals surface area contributed by atoms with Crippen LogP contribution in [-0.2, 0) is 6.54 Å². The Morgan fingerprint density at radius 1 is 1.71 bits per heavy atom. The van der Waals surface area contributed by atoms with E-state index in [0.29, 0.717) is 18.2 Å². The lowest BCUT2D eigenvalue weighted by molar-refractivity contribution is 0.252. The molecule has 0 unspecified atom stereocenters. The fourth-order valence-electron chi connectivity index (χ4n) is 0.838. The molecule has 6 heteroatoms. The van der Waals surface area contributed by atoms with Gasteiger partial charge >= 0.3 is 6.03 Å². The minimum atomic E-state index is -0.218. The van der Waals surface area contributed by atoms with Crippen LogP contribution in [0.25, 0.3) is 0 Å². The number of nitrogens with two attached hydrogens (primary N) is 1. The number of hydrogen-bond acceptors (Lipinski definition) is 4. The molecule has 4 N–H and O–H groups in total. The van der Waals surface area contributed by atoms with E-state index in [2.05, 4.69) is 15.6 Å². The van der Waals surface area contributed by atoms with Gasteiger partial charge in [-0.1, -0.05) is 6.92 Å². The minimum Gasteiger partial charge on any atom is -0.338 e. The SMILES string of the molecule is CCCNC(=O)Nc1nc(CN)cs1. The molecular weight excluding hydrogens is 200 g/mol. The van der Waals surface area contributed by atoms with E-state index in [9.17, 15) is 4.79 Å². The normalized spacial score (nSPS) is 9.86. The van der Waals surface area contributed by atoms with E-state index in [1.54, 1.807) is 0 Å². The number of urea groups is 1. The molecule has 0 spiro atoms. The van der Waals surface area contributed by atoms with Crippen molar-refractivity contribution in [2.24, 2.45) is 5.73 Å². The van der Waals surface area contributed by atoms with Crippen LogP contribution >= 0.6 is 11.3 Å². The van der Waals surface area contributed by atoms with Crippen molar-refractivity contribution >= 4 is 22.5 Å². The van der Waals surface area contributed by atoms with Gasteiger partial charge in [-0.15, -0.1) is 11.3 Å². The third-order valence-electron chi connectivity index (χ3n) is 1.52. The van der Waals surface area contributed by atoms with Crippen LogP contribution in [-0.4, -0.2) is 17.6 Å². The van der Waals surface area contributed by atoms with Gasteiger partial charge < -0.3 is 11.1 Å². The summed E-state index contributed by atoms with van der Waals surface area (Å²) in [6, 6.07) is -0.218. The van der Waals surface area contributed by atoms with Crippen LogP contribution in [0.5, 0.6) is 0 Å². The highest BCUT2D eigenvalue weighted by atomic mass is 32.1. The van der Waals surface area contributed by atoms with Gasteiger partial charge in [0, 0.05) is 18.5 Å². The topological polar surface area (TPSA) is 80.0 Å². The summed E-state index contributed by atoms with van der Waals surface area (Å²) in [5, 5.41) is 7.74. The fourth-order valence-corrected chi connectivity index (χ4v) is 1.56. The van der Waals surface area contributed by atoms with E-state index in [0.717, 1.165) is 12.1 Å². The number of anilines is 1. The Labute approximate surface area is 86.7 Å². The van der Waals surface area contributed by atoms with Crippen LogP contribution in [0.4, 0.5) is 9.93 Å². The van der Waals surface area contributed by atoms with Gasteiger partial charge in [-0.3, -0.25) is 5.32 Å². The predicted octanol–water partition coefficient (Wildman–Crippen LogP) is 1.13. The molecule has 0 saturated heterocycles. The summed E-state index contributed by atoms with van der Waals surface area (Å²) >= 11 is 1.37. The van der Waals surface area contributed by atoms with E-state index in [1.165, 1.54) is 11.3 Å². The second-order valence-corrected chi connectivity index (χ2v) is 3.59. The first-order valence-corrected chi connectivity index (χ1v) is 5.33. The Balaban J connectivity index is 2.39. The van der Waals surface area contributed by atoms with Crippen molar-refractivity contribution in [3.05, 3.63) is 11.1 Å². The van der Waals surface area contributed by atoms with Crippen molar-refractivity contribution in [3.8, 4) is 0 Å². The molecule has 78 valence electrons. The molecule has 0 bridgehead atoms. The van der Waals surface area contributed by atoms with E-state index >= 15 is 0 Å². The Morgan fingerprint density at radius 3 is 3.07 bits per heavy atom. The number of amides is 2. The molecule has 0 radical (unpaired) electrons. The van der Waals surface area contributed by atoms with Gasteiger partial charge in [0.15, 0.2) is 5.13 Å². The predicted molar refractivity (Wildman–Crippen MR) is 57.3 cm³/mol. The van der Waals surface area contributed by atoms with E-state index in [1.807, 2.05) is 12.3 Å². The van der Waals surface area contributed by atoms with E-state index < -0.39 is 0 Å². The Kier molecular flexibility index (Phi) is 4.34. The molecule has 0 aliphatic heterocycles. The highest BCUT2D eigenvalue weighted by Crippen LogP contribution is 2.14. The van der Waals surface area contributed by atoms with Gasteiger partial charge in [-0.2, -0.15) is 0 Å². The number of hydrogen-bond donors (Lipinski definition) is 3. The molecule has 1 aromatic heterocycles. The van der Waals surface area contributed by atoms with Crippen LogP contribution in [0.15, 0.2) is 5.38 Å². The summed E-state index contributed by atoms with van der Waals surface area (Å²) in [7, 11) is 0.